The largest absolute Gasteiger partial charge is 0.481 e. The predicted molar refractivity (Wildman–Crippen MR) is 108 cm³/mol. The average molecular weight is 431 g/mol. The van der Waals surface area contributed by atoms with Crippen molar-refractivity contribution < 1.29 is 34.2 Å². The third-order valence-corrected chi connectivity index (χ3v) is 4.83. The molecule has 5 unspecified atom stereocenters. The molecular formula is C19H34N4O7. The van der Waals surface area contributed by atoms with Gasteiger partial charge in [0.1, 0.15) is 18.1 Å². The molecule has 0 aromatic rings. The normalized spacial score (nSPS) is 16.0. The summed E-state index contributed by atoms with van der Waals surface area (Å²) in [7, 11) is 0. The van der Waals surface area contributed by atoms with E-state index in [9.17, 15) is 29.1 Å². The van der Waals surface area contributed by atoms with Gasteiger partial charge in [0.15, 0.2) is 0 Å². The molecule has 0 spiro atoms. The number of nitrogens with one attached hydrogen (secondary N) is 3. The fourth-order valence-corrected chi connectivity index (χ4v) is 2.45. The Morgan fingerprint density at radius 2 is 1.43 bits per heavy atom. The highest BCUT2D eigenvalue weighted by Gasteiger charge is 2.31. The molecule has 7 N–H and O–H groups in total. The second-order valence-electron chi connectivity index (χ2n) is 7.70. The van der Waals surface area contributed by atoms with Crippen molar-refractivity contribution in [2.24, 2.45) is 17.6 Å². The second kappa shape index (κ2) is 12.8. The van der Waals surface area contributed by atoms with Crippen LogP contribution in [-0.4, -0.2) is 64.0 Å². The maximum absolute atomic E-state index is 12.6. The van der Waals surface area contributed by atoms with Gasteiger partial charge in [0.25, 0.3) is 0 Å². The van der Waals surface area contributed by atoms with E-state index in [-0.39, 0.29) is 18.3 Å². The minimum atomic E-state index is -1.28. The van der Waals surface area contributed by atoms with Crippen LogP contribution in [0.5, 0.6) is 0 Å². The summed E-state index contributed by atoms with van der Waals surface area (Å²) in [4.78, 5) is 59.4. The fraction of sp³-hybridized carbons (Fsp3) is 0.737. The van der Waals surface area contributed by atoms with E-state index in [1.807, 2.05) is 0 Å². The Bertz CT molecular complexity index is 638. The number of carbonyl (C=O) groups is 5. The van der Waals surface area contributed by atoms with E-state index in [0.29, 0.717) is 6.42 Å². The number of hydrogen-bond donors (Lipinski definition) is 6. The molecule has 0 saturated carbocycles. The zero-order chi connectivity index (χ0) is 23.6. The molecule has 0 bridgehead atoms. The summed E-state index contributed by atoms with van der Waals surface area (Å²) in [6, 6.07) is -4.32. The lowest BCUT2D eigenvalue weighted by molar-refractivity contribution is -0.144. The van der Waals surface area contributed by atoms with Crippen molar-refractivity contribution in [3.05, 3.63) is 0 Å². The third-order valence-electron chi connectivity index (χ3n) is 4.83. The van der Waals surface area contributed by atoms with Crippen LogP contribution in [0, 0.1) is 11.8 Å². The lowest BCUT2D eigenvalue weighted by Crippen LogP contribution is -2.57. The molecule has 172 valence electrons. The van der Waals surface area contributed by atoms with E-state index in [4.69, 9.17) is 10.8 Å². The van der Waals surface area contributed by atoms with Gasteiger partial charge in [-0.3, -0.25) is 19.2 Å². The Morgan fingerprint density at radius 1 is 0.867 bits per heavy atom. The molecule has 0 rings (SSSR count). The number of aliphatic carboxylic acids is 2. The van der Waals surface area contributed by atoms with Gasteiger partial charge in [0.05, 0.1) is 6.04 Å². The van der Waals surface area contributed by atoms with E-state index >= 15 is 0 Å². The molecule has 0 saturated heterocycles. The molecule has 0 aromatic carbocycles. The number of carbonyl (C=O) groups excluding carboxylic acids is 3. The second-order valence-corrected chi connectivity index (χ2v) is 7.70. The van der Waals surface area contributed by atoms with E-state index in [1.165, 1.54) is 6.92 Å². The molecule has 0 aromatic heterocycles. The van der Waals surface area contributed by atoms with Crippen LogP contribution < -0.4 is 21.7 Å². The number of rotatable bonds is 13. The smallest absolute Gasteiger partial charge is 0.326 e. The van der Waals surface area contributed by atoms with Gasteiger partial charge in [-0.2, -0.15) is 0 Å². The lowest BCUT2D eigenvalue weighted by Gasteiger charge is -2.25. The maximum Gasteiger partial charge on any atom is 0.326 e. The van der Waals surface area contributed by atoms with E-state index < -0.39 is 60.2 Å². The first kappa shape index (κ1) is 27.3. The van der Waals surface area contributed by atoms with Gasteiger partial charge >= 0.3 is 11.9 Å². The molecule has 5 atom stereocenters. The number of hydrogen-bond acceptors (Lipinski definition) is 6. The number of carboxylic acids is 2. The highest BCUT2D eigenvalue weighted by molar-refractivity contribution is 5.94. The van der Waals surface area contributed by atoms with Crippen molar-refractivity contribution >= 4 is 29.7 Å². The summed E-state index contributed by atoms with van der Waals surface area (Å²) in [5.41, 5.74) is 5.73. The van der Waals surface area contributed by atoms with E-state index in [2.05, 4.69) is 16.0 Å². The van der Waals surface area contributed by atoms with Crippen molar-refractivity contribution in [1.29, 1.82) is 0 Å². The molecule has 11 nitrogen and oxygen atoms in total. The minimum Gasteiger partial charge on any atom is -0.481 e. The highest BCUT2D eigenvalue weighted by Crippen LogP contribution is 2.09. The highest BCUT2D eigenvalue weighted by atomic mass is 16.4. The van der Waals surface area contributed by atoms with Crippen molar-refractivity contribution in [3.63, 3.8) is 0 Å². The van der Waals surface area contributed by atoms with Crippen molar-refractivity contribution in [2.45, 2.75) is 78.0 Å². The van der Waals surface area contributed by atoms with Gasteiger partial charge in [-0.1, -0.05) is 34.1 Å². The summed E-state index contributed by atoms with van der Waals surface area (Å²) >= 11 is 0. The molecule has 11 heteroatoms. The molecule has 3 amide bonds. The molecule has 30 heavy (non-hydrogen) atoms. The van der Waals surface area contributed by atoms with Crippen LogP contribution in [0.25, 0.3) is 0 Å². The molecular weight excluding hydrogens is 396 g/mol. The standard InChI is InChI=1S/C19H34N4O7/c1-6-10(4)15(19(29)30)23-17(27)12(7-8-13(24)25)22-16(26)11(5)21-18(28)14(20)9(2)3/h9-12,14-15H,6-8,20H2,1-5H3,(H,21,28)(H,22,26)(H,23,27)(H,24,25)(H,29,30). The van der Waals surface area contributed by atoms with Crippen molar-refractivity contribution in [3.8, 4) is 0 Å². The Morgan fingerprint density at radius 3 is 1.87 bits per heavy atom. The van der Waals surface area contributed by atoms with Crippen LogP contribution in [0.15, 0.2) is 0 Å². The summed E-state index contributed by atoms with van der Waals surface area (Å²) in [5.74, 6) is -5.01. The van der Waals surface area contributed by atoms with Gasteiger partial charge in [-0.15, -0.1) is 0 Å². The molecule has 0 aliphatic heterocycles. The van der Waals surface area contributed by atoms with Crippen LogP contribution in [0.4, 0.5) is 0 Å². The first-order valence-corrected chi connectivity index (χ1v) is 9.93. The zero-order valence-corrected chi connectivity index (χ0v) is 18.1. The Balaban J connectivity index is 5.25. The topological polar surface area (TPSA) is 188 Å². The van der Waals surface area contributed by atoms with Crippen LogP contribution >= 0.6 is 0 Å². The molecule has 0 aliphatic carbocycles. The van der Waals surface area contributed by atoms with Crippen LogP contribution in [-0.2, 0) is 24.0 Å². The fourth-order valence-electron chi connectivity index (χ4n) is 2.45. The van der Waals surface area contributed by atoms with Gasteiger partial charge in [-0.25, -0.2) is 4.79 Å². The van der Waals surface area contributed by atoms with Crippen LogP contribution in [0.1, 0.15) is 53.9 Å². The van der Waals surface area contributed by atoms with Crippen molar-refractivity contribution in [2.75, 3.05) is 0 Å². The molecule has 0 radical (unpaired) electrons. The van der Waals surface area contributed by atoms with Crippen LogP contribution in [0.3, 0.4) is 0 Å². The van der Waals surface area contributed by atoms with Gasteiger partial charge in [-0.05, 0) is 25.2 Å². The van der Waals surface area contributed by atoms with E-state index in [1.54, 1.807) is 27.7 Å². The van der Waals surface area contributed by atoms with Gasteiger partial charge in [0, 0.05) is 6.42 Å². The first-order valence-electron chi connectivity index (χ1n) is 9.93. The van der Waals surface area contributed by atoms with E-state index in [0.717, 1.165) is 0 Å². The Labute approximate surface area is 176 Å². The van der Waals surface area contributed by atoms with Crippen LogP contribution in [0.2, 0.25) is 0 Å². The average Bonchev–Trinajstić information content (AvgIpc) is 2.66. The number of amides is 3. The van der Waals surface area contributed by atoms with Gasteiger partial charge in [0.2, 0.25) is 17.7 Å². The number of carboxylic acid groups (broad SMARTS) is 2. The minimum absolute atomic E-state index is 0.150. The van der Waals surface area contributed by atoms with Crippen molar-refractivity contribution in [1.82, 2.24) is 16.0 Å². The molecule has 0 aliphatic rings. The summed E-state index contributed by atoms with van der Waals surface area (Å²) in [6.45, 7) is 8.31. The molecule has 0 fully saturated rings. The lowest BCUT2D eigenvalue weighted by atomic mass is 9.98. The third kappa shape index (κ3) is 9.21. The Kier molecular flexibility index (Phi) is 11.6. The number of nitrogens with two attached hydrogens (primary N) is 1. The SMILES string of the molecule is CCC(C)C(NC(=O)C(CCC(=O)O)NC(=O)C(C)NC(=O)C(N)C(C)C)C(=O)O. The zero-order valence-electron chi connectivity index (χ0n) is 18.1. The maximum atomic E-state index is 12.6. The summed E-state index contributed by atoms with van der Waals surface area (Å²) in [5, 5.41) is 25.4. The summed E-state index contributed by atoms with van der Waals surface area (Å²) < 4.78 is 0. The quantitative estimate of drug-likeness (QED) is 0.224. The predicted octanol–water partition coefficient (Wildman–Crippen LogP) is -0.560. The molecule has 0 heterocycles. The summed E-state index contributed by atoms with van der Waals surface area (Å²) in [6.07, 6.45) is -0.174. The monoisotopic (exact) mass is 430 g/mol. The Hall–Kier alpha value is -2.69. The van der Waals surface area contributed by atoms with Gasteiger partial charge < -0.3 is 31.9 Å². The first-order chi connectivity index (χ1) is 13.8.